The molecule has 2 bridgehead atoms. The highest BCUT2D eigenvalue weighted by Gasteiger charge is 2.60. The summed E-state index contributed by atoms with van der Waals surface area (Å²) in [7, 11) is 0. The van der Waals surface area contributed by atoms with E-state index in [1.807, 2.05) is 12.2 Å². The molecule has 168 valence electrons. The number of anilines is 1. The Morgan fingerprint density at radius 2 is 1.62 bits per heavy atom. The Morgan fingerprint density at radius 3 is 2.19 bits per heavy atom. The van der Waals surface area contributed by atoms with Crippen LogP contribution in [0.3, 0.4) is 0 Å². The number of benzene rings is 1. The van der Waals surface area contributed by atoms with Crippen molar-refractivity contribution in [1.82, 2.24) is 4.90 Å². The first kappa shape index (κ1) is 21.7. The number of allylic oxidation sites excluding steroid dienone is 2. The molecule has 9 heteroatoms. The lowest BCUT2D eigenvalue weighted by atomic mass is 9.85. The van der Waals surface area contributed by atoms with E-state index in [0.29, 0.717) is 11.3 Å². The molecule has 1 aliphatic heterocycles. The number of esters is 2. The number of carbonyl (C=O) groups is 5. The average molecular weight is 440 g/mol. The molecule has 0 radical (unpaired) electrons. The van der Waals surface area contributed by atoms with Gasteiger partial charge in [0.05, 0.1) is 24.0 Å². The highest BCUT2D eigenvalue weighted by molar-refractivity contribution is 6.09. The summed E-state index contributed by atoms with van der Waals surface area (Å²) in [6.07, 6.45) is 4.76. The maximum absolute atomic E-state index is 12.8. The second-order valence-electron chi connectivity index (χ2n) is 8.18. The van der Waals surface area contributed by atoms with Crippen LogP contribution in [0.5, 0.6) is 0 Å². The van der Waals surface area contributed by atoms with Crippen LogP contribution in [-0.2, 0) is 28.7 Å². The first-order valence-electron chi connectivity index (χ1n) is 10.6. The summed E-state index contributed by atoms with van der Waals surface area (Å²) in [6.45, 7) is 2.82. The van der Waals surface area contributed by atoms with Gasteiger partial charge < -0.3 is 14.8 Å². The average Bonchev–Trinajstić information content (AvgIpc) is 3.46. The zero-order chi connectivity index (χ0) is 23.0. The molecule has 1 aromatic rings. The Bertz CT molecular complexity index is 970. The molecule has 2 fully saturated rings. The van der Waals surface area contributed by atoms with Crippen molar-refractivity contribution in [2.75, 3.05) is 18.5 Å². The van der Waals surface area contributed by atoms with E-state index >= 15 is 0 Å². The Balaban J connectivity index is 1.29. The second kappa shape index (κ2) is 8.57. The molecule has 1 aromatic carbocycles. The quantitative estimate of drug-likeness (QED) is 0.388. The van der Waals surface area contributed by atoms with Gasteiger partial charge in [0, 0.05) is 5.69 Å². The van der Waals surface area contributed by atoms with Crippen LogP contribution in [0.2, 0.25) is 0 Å². The Morgan fingerprint density at radius 1 is 1.03 bits per heavy atom. The van der Waals surface area contributed by atoms with Crippen molar-refractivity contribution >= 4 is 35.3 Å². The van der Waals surface area contributed by atoms with Gasteiger partial charge >= 0.3 is 11.9 Å². The number of likely N-dealkylation sites (tertiary alicyclic amines) is 1. The lowest BCUT2D eigenvalue weighted by molar-refractivity contribution is -0.159. The predicted octanol–water partition coefficient (Wildman–Crippen LogP) is 1.54. The predicted molar refractivity (Wildman–Crippen MR) is 111 cm³/mol. The summed E-state index contributed by atoms with van der Waals surface area (Å²) in [5.41, 5.74) is 0.756. The number of nitrogens with one attached hydrogen (secondary N) is 1. The molecular weight excluding hydrogens is 416 g/mol. The molecule has 4 rings (SSSR count). The highest BCUT2D eigenvalue weighted by Crippen LogP contribution is 2.52. The Kier molecular flexibility index (Phi) is 5.82. The van der Waals surface area contributed by atoms with Gasteiger partial charge in [-0.05, 0) is 56.4 Å². The van der Waals surface area contributed by atoms with Crippen molar-refractivity contribution < 1.29 is 33.4 Å². The van der Waals surface area contributed by atoms with E-state index in [-0.39, 0.29) is 30.3 Å². The highest BCUT2D eigenvalue weighted by atomic mass is 16.5. The van der Waals surface area contributed by atoms with Gasteiger partial charge in [0.25, 0.3) is 5.91 Å². The topological polar surface area (TPSA) is 119 Å². The molecule has 0 aromatic heterocycles. The van der Waals surface area contributed by atoms with Crippen LogP contribution in [0, 0.1) is 23.7 Å². The van der Waals surface area contributed by atoms with Gasteiger partial charge in [0.15, 0.2) is 6.61 Å². The third kappa shape index (κ3) is 3.79. The van der Waals surface area contributed by atoms with Crippen LogP contribution in [0.4, 0.5) is 5.69 Å². The van der Waals surface area contributed by atoms with E-state index in [1.165, 1.54) is 31.2 Å². The molecule has 2 aliphatic carbocycles. The van der Waals surface area contributed by atoms with Gasteiger partial charge in [-0.1, -0.05) is 12.2 Å². The largest absolute Gasteiger partial charge is 0.462 e. The van der Waals surface area contributed by atoms with Gasteiger partial charge in [-0.3, -0.25) is 19.3 Å². The molecule has 0 unspecified atom stereocenters. The Labute approximate surface area is 184 Å². The maximum atomic E-state index is 12.8. The molecule has 1 saturated heterocycles. The number of imide groups is 1. The zero-order valence-corrected chi connectivity index (χ0v) is 17.8. The van der Waals surface area contributed by atoms with E-state index in [0.717, 1.165) is 11.3 Å². The number of hydrogen-bond acceptors (Lipinski definition) is 7. The van der Waals surface area contributed by atoms with Crippen molar-refractivity contribution in [1.29, 1.82) is 0 Å². The van der Waals surface area contributed by atoms with Crippen molar-refractivity contribution in [3.05, 3.63) is 42.0 Å². The molecule has 9 nitrogen and oxygen atoms in total. The van der Waals surface area contributed by atoms with Gasteiger partial charge in [-0.15, -0.1) is 0 Å². The van der Waals surface area contributed by atoms with Gasteiger partial charge in [-0.2, -0.15) is 0 Å². The van der Waals surface area contributed by atoms with Crippen molar-refractivity contribution in [3.63, 3.8) is 0 Å². The normalized spacial score (nSPS) is 26.1. The van der Waals surface area contributed by atoms with Gasteiger partial charge in [0.2, 0.25) is 11.8 Å². The van der Waals surface area contributed by atoms with Crippen LogP contribution in [0.25, 0.3) is 0 Å². The monoisotopic (exact) mass is 440 g/mol. The molecule has 3 amide bonds. The van der Waals surface area contributed by atoms with Crippen molar-refractivity contribution in [2.45, 2.75) is 26.3 Å². The molecule has 32 heavy (non-hydrogen) atoms. The third-order valence-corrected chi connectivity index (χ3v) is 6.26. The first-order valence-corrected chi connectivity index (χ1v) is 10.6. The number of ether oxygens (including phenoxy) is 2. The molecule has 1 N–H and O–H groups in total. The molecule has 1 saturated carbocycles. The van der Waals surface area contributed by atoms with Crippen LogP contribution < -0.4 is 5.32 Å². The number of fused-ring (bicyclic) bond motifs is 5. The third-order valence-electron chi connectivity index (χ3n) is 6.26. The maximum Gasteiger partial charge on any atom is 0.338 e. The summed E-state index contributed by atoms with van der Waals surface area (Å²) >= 11 is 0. The number of amides is 3. The minimum atomic E-state index is -1.10. The number of hydrogen-bond donors (Lipinski definition) is 1. The lowest BCUT2D eigenvalue weighted by Gasteiger charge is -2.23. The van der Waals surface area contributed by atoms with Crippen molar-refractivity contribution in [2.24, 2.45) is 23.7 Å². The van der Waals surface area contributed by atoms with E-state index in [4.69, 9.17) is 9.47 Å². The number of carbonyl (C=O) groups excluding carboxylic acids is 5. The number of nitrogens with zero attached hydrogens (tertiary/aromatic N) is 1. The van der Waals surface area contributed by atoms with Crippen LogP contribution in [0.1, 0.15) is 30.6 Å². The molecule has 5 atom stereocenters. The summed E-state index contributed by atoms with van der Waals surface area (Å²) in [5, 5.41) is 2.55. The van der Waals surface area contributed by atoms with Crippen LogP contribution in [-0.4, -0.2) is 53.8 Å². The first-order chi connectivity index (χ1) is 15.3. The molecule has 3 aliphatic rings. The summed E-state index contributed by atoms with van der Waals surface area (Å²) in [5.74, 6) is -3.24. The van der Waals surface area contributed by atoms with E-state index < -0.39 is 42.3 Å². The van der Waals surface area contributed by atoms with Crippen LogP contribution in [0.15, 0.2) is 36.4 Å². The fourth-order valence-electron chi connectivity index (χ4n) is 4.77. The van der Waals surface area contributed by atoms with Crippen LogP contribution >= 0.6 is 0 Å². The summed E-state index contributed by atoms with van der Waals surface area (Å²) < 4.78 is 9.94. The fourth-order valence-corrected chi connectivity index (χ4v) is 4.77. The molecular formula is C23H24N2O7. The van der Waals surface area contributed by atoms with Gasteiger partial charge in [0.1, 0.15) is 6.04 Å². The fraction of sp³-hybridized carbons (Fsp3) is 0.435. The standard InChI is InChI=1S/C23H24N2O7/c1-3-31-23(30)13-6-8-16(9-7-13)24-17(26)11-32-22(29)12(2)25-20(27)18-14-4-5-15(10-14)19(18)21(25)28/h4-9,12,14-15,18-19H,3,10-11H2,1-2H3,(H,24,26)/t12-,14-,15-,18+,19+/m0/s1. The molecule has 1 heterocycles. The lowest BCUT2D eigenvalue weighted by Crippen LogP contribution is -2.45. The Hall–Kier alpha value is -3.49. The van der Waals surface area contributed by atoms with E-state index in [2.05, 4.69) is 5.32 Å². The summed E-state index contributed by atoms with van der Waals surface area (Å²) in [6, 6.07) is 4.96. The van der Waals surface area contributed by atoms with Crippen molar-refractivity contribution in [3.8, 4) is 0 Å². The molecule has 0 spiro atoms. The second-order valence-corrected chi connectivity index (χ2v) is 8.18. The summed E-state index contributed by atoms with van der Waals surface area (Å²) in [4.78, 5) is 62.8. The van der Waals surface area contributed by atoms with E-state index in [1.54, 1.807) is 6.92 Å². The number of rotatable bonds is 7. The minimum Gasteiger partial charge on any atom is -0.462 e. The smallest absolute Gasteiger partial charge is 0.338 e. The SMILES string of the molecule is CCOC(=O)c1ccc(NC(=O)COC(=O)[C@H](C)N2C(=O)[C@H]3[C@H](C2=O)[C@H]2C=C[C@H]3C2)cc1. The van der Waals surface area contributed by atoms with Gasteiger partial charge in [-0.25, -0.2) is 9.59 Å². The zero-order valence-electron chi connectivity index (χ0n) is 17.8. The minimum absolute atomic E-state index is 0.0515. The van der Waals surface area contributed by atoms with E-state index in [9.17, 15) is 24.0 Å².